The summed E-state index contributed by atoms with van der Waals surface area (Å²) in [6.07, 6.45) is -10.7. The molecule has 2 fully saturated rings. The first-order chi connectivity index (χ1) is 16.6. The number of benzene rings is 1. The van der Waals surface area contributed by atoms with Crippen molar-refractivity contribution in [3.8, 4) is 0 Å². The fourth-order valence-corrected chi connectivity index (χ4v) is 4.98. The highest BCUT2D eigenvalue weighted by atomic mass is 16.8. The van der Waals surface area contributed by atoms with Gasteiger partial charge in [0.05, 0.1) is 30.1 Å². The van der Waals surface area contributed by atoms with Crippen LogP contribution in [-0.2, 0) is 23.7 Å². The lowest BCUT2D eigenvalue weighted by molar-refractivity contribution is -0.343. The molecule has 1 aliphatic carbocycles. The number of hydrogen-bond donors (Lipinski definition) is 6. The van der Waals surface area contributed by atoms with Crippen LogP contribution in [0.4, 0.5) is 0 Å². The van der Waals surface area contributed by atoms with Crippen LogP contribution < -0.4 is 0 Å². The highest BCUT2D eigenvalue weighted by Crippen LogP contribution is 2.48. The molecular weight excluding hydrogens is 468 g/mol. The zero-order chi connectivity index (χ0) is 25.4. The number of carbonyl (C=O) groups excluding carboxylic acids is 1. The Kier molecular flexibility index (Phi) is 7.43. The molecule has 1 saturated carbocycles. The number of carbonyl (C=O) groups is 2. The first kappa shape index (κ1) is 25.5. The number of aliphatic hydroxyl groups is 5. The molecule has 12 heteroatoms. The van der Waals surface area contributed by atoms with Gasteiger partial charge in [0.15, 0.2) is 6.29 Å². The topological polar surface area (TPSA) is 192 Å². The van der Waals surface area contributed by atoms with Gasteiger partial charge in [0.25, 0.3) is 0 Å². The van der Waals surface area contributed by atoms with E-state index >= 15 is 0 Å². The molecule has 4 rings (SSSR count). The molecular formula is C23H28O12. The number of ether oxygens (including phenoxy) is 4. The van der Waals surface area contributed by atoms with Crippen LogP contribution in [-0.4, -0.2) is 98.4 Å². The van der Waals surface area contributed by atoms with E-state index in [2.05, 4.69) is 0 Å². The summed E-state index contributed by atoms with van der Waals surface area (Å²) < 4.78 is 22.1. The molecule has 0 radical (unpaired) electrons. The van der Waals surface area contributed by atoms with Gasteiger partial charge >= 0.3 is 11.9 Å². The summed E-state index contributed by atoms with van der Waals surface area (Å²) in [5.74, 6) is -4.62. The van der Waals surface area contributed by atoms with E-state index in [4.69, 9.17) is 18.9 Å². The van der Waals surface area contributed by atoms with Crippen LogP contribution in [0, 0.1) is 17.8 Å². The molecule has 11 atom stereocenters. The quantitative estimate of drug-likeness (QED) is 0.253. The molecule has 6 N–H and O–H groups in total. The van der Waals surface area contributed by atoms with E-state index in [1.807, 2.05) is 0 Å². The number of rotatable bonds is 6. The van der Waals surface area contributed by atoms with Crippen molar-refractivity contribution in [1.29, 1.82) is 0 Å². The standard InChI is InChI=1S/C23H28O12/c1-9-13-14(16(26)19(9)34-21(31)10-5-3-2-4-6-10)11(20(29)30)8-32-22(13)35-23-18(28)17(27)15(25)12(7-24)33-23/h2-6,8-9,12-19,22-28H,7H2,1H3,(H,29,30). The summed E-state index contributed by atoms with van der Waals surface area (Å²) in [4.78, 5) is 24.5. The van der Waals surface area contributed by atoms with Gasteiger partial charge in [0.2, 0.25) is 6.29 Å². The maximum absolute atomic E-state index is 12.6. The van der Waals surface area contributed by atoms with E-state index in [0.717, 1.165) is 6.26 Å². The molecule has 35 heavy (non-hydrogen) atoms. The van der Waals surface area contributed by atoms with E-state index in [-0.39, 0.29) is 11.1 Å². The molecule has 11 unspecified atom stereocenters. The second kappa shape index (κ2) is 10.2. The molecule has 2 heterocycles. The van der Waals surface area contributed by atoms with Crippen LogP contribution in [0.5, 0.6) is 0 Å². The Morgan fingerprint density at radius 3 is 2.29 bits per heavy atom. The Morgan fingerprint density at radius 2 is 1.66 bits per heavy atom. The van der Waals surface area contributed by atoms with Crippen molar-refractivity contribution in [3.63, 3.8) is 0 Å². The lowest BCUT2D eigenvalue weighted by Crippen LogP contribution is -2.60. The van der Waals surface area contributed by atoms with Crippen molar-refractivity contribution in [3.05, 3.63) is 47.7 Å². The van der Waals surface area contributed by atoms with Gasteiger partial charge < -0.3 is 49.6 Å². The smallest absolute Gasteiger partial charge is 0.338 e. The number of aliphatic hydroxyl groups excluding tert-OH is 5. The van der Waals surface area contributed by atoms with Gasteiger partial charge in [-0.15, -0.1) is 0 Å². The minimum Gasteiger partial charge on any atom is -0.478 e. The number of hydrogen-bond acceptors (Lipinski definition) is 11. The molecule has 1 aromatic carbocycles. The fourth-order valence-electron chi connectivity index (χ4n) is 4.98. The highest BCUT2D eigenvalue weighted by Gasteiger charge is 2.59. The Bertz CT molecular complexity index is 949. The van der Waals surface area contributed by atoms with Gasteiger partial charge in [-0.2, -0.15) is 0 Å². The van der Waals surface area contributed by atoms with Crippen LogP contribution in [0.25, 0.3) is 0 Å². The number of carboxylic acids is 1. The average molecular weight is 496 g/mol. The Balaban J connectivity index is 1.58. The normalized spacial score (nSPS) is 40.9. The minimum absolute atomic E-state index is 0.249. The van der Waals surface area contributed by atoms with Crippen LogP contribution in [0.15, 0.2) is 42.2 Å². The number of fused-ring (bicyclic) bond motifs is 1. The van der Waals surface area contributed by atoms with Crippen molar-refractivity contribution in [2.75, 3.05) is 6.61 Å². The van der Waals surface area contributed by atoms with Crippen LogP contribution >= 0.6 is 0 Å². The van der Waals surface area contributed by atoms with Gasteiger partial charge in [-0.25, -0.2) is 9.59 Å². The zero-order valence-electron chi connectivity index (χ0n) is 18.7. The van der Waals surface area contributed by atoms with Crippen LogP contribution in [0.3, 0.4) is 0 Å². The Labute approximate surface area is 199 Å². The summed E-state index contributed by atoms with van der Waals surface area (Å²) in [6.45, 7) is 0.965. The van der Waals surface area contributed by atoms with Gasteiger partial charge in [0.1, 0.15) is 30.5 Å². The average Bonchev–Trinajstić information content (AvgIpc) is 3.10. The van der Waals surface area contributed by atoms with Crippen molar-refractivity contribution < 1.29 is 59.2 Å². The predicted octanol–water partition coefficient (Wildman–Crippen LogP) is -1.40. The lowest BCUT2D eigenvalue weighted by Gasteiger charge is -2.43. The maximum Gasteiger partial charge on any atom is 0.338 e. The lowest BCUT2D eigenvalue weighted by atomic mass is 9.82. The van der Waals surface area contributed by atoms with E-state index in [1.54, 1.807) is 25.1 Å². The molecule has 0 aromatic heterocycles. The molecule has 1 saturated heterocycles. The Morgan fingerprint density at radius 1 is 0.971 bits per heavy atom. The van der Waals surface area contributed by atoms with Gasteiger partial charge in [-0.3, -0.25) is 0 Å². The molecule has 12 nitrogen and oxygen atoms in total. The van der Waals surface area contributed by atoms with Crippen molar-refractivity contribution in [2.24, 2.45) is 17.8 Å². The number of aliphatic carboxylic acids is 1. The highest BCUT2D eigenvalue weighted by molar-refractivity contribution is 5.89. The summed E-state index contributed by atoms with van der Waals surface area (Å²) in [7, 11) is 0. The second-order valence-corrected chi connectivity index (χ2v) is 8.90. The Hall–Kier alpha value is -2.58. The molecule has 1 aromatic rings. The molecule has 0 spiro atoms. The minimum atomic E-state index is -1.71. The van der Waals surface area contributed by atoms with Crippen molar-refractivity contribution in [1.82, 2.24) is 0 Å². The van der Waals surface area contributed by atoms with E-state index in [9.17, 15) is 40.2 Å². The predicted molar refractivity (Wildman–Crippen MR) is 113 cm³/mol. The van der Waals surface area contributed by atoms with E-state index in [0.29, 0.717) is 0 Å². The summed E-state index contributed by atoms with van der Waals surface area (Å²) in [6, 6.07) is 8.10. The molecule has 2 aliphatic heterocycles. The molecule has 192 valence electrons. The molecule has 0 amide bonds. The van der Waals surface area contributed by atoms with Crippen molar-refractivity contribution >= 4 is 11.9 Å². The summed E-state index contributed by atoms with van der Waals surface area (Å²) in [5.41, 5.74) is 0.00223. The van der Waals surface area contributed by atoms with Crippen LogP contribution in [0.2, 0.25) is 0 Å². The fraction of sp³-hybridized carbons (Fsp3) is 0.565. The van der Waals surface area contributed by atoms with E-state index < -0.39 is 85.5 Å². The molecule has 3 aliphatic rings. The first-order valence-corrected chi connectivity index (χ1v) is 11.1. The van der Waals surface area contributed by atoms with Crippen molar-refractivity contribution in [2.45, 2.75) is 56.1 Å². The van der Waals surface area contributed by atoms with Gasteiger partial charge in [0, 0.05) is 17.8 Å². The third kappa shape index (κ3) is 4.66. The third-order valence-corrected chi connectivity index (χ3v) is 6.86. The maximum atomic E-state index is 12.6. The first-order valence-electron chi connectivity index (χ1n) is 11.1. The zero-order valence-corrected chi connectivity index (χ0v) is 18.7. The van der Waals surface area contributed by atoms with Gasteiger partial charge in [-0.1, -0.05) is 25.1 Å². The number of esters is 1. The third-order valence-electron chi connectivity index (χ3n) is 6.86. The summed E-state index contributed by atoms with van der Waals surface area (Å²) in [5, 5.41) is 60.4. The number of carboxylic acid groups (broad SMARTS) is 1. The SMILES string of the molecule is CC1C(OC(=O)c2ccccc2)C(O)C2C(C(=O)O)=COC(OC3OC(CO)C(O)C(O)C3O)C12. The summed E-state index contributed by atoms with van der Waals surface area (Å²) >= 11 is 0. The van der Waals surface area contributed by atoms with Gasteiger partial charge in [-0.05, 0) is 12.1 Å². The van der Waals surface area contributed by atoms with Crippen LogP contribution in [0.1, 0.15) is 17.3 Å². The molecule has 0 bridgehead atoms. The second-order valence-electron chi connectivity index (χ2n) is 8.90. The largest absolute Gasteiger partial charge is 0.478 e. The van der Waals surface area contributed by atoms with E-state index in [1.165, 1.54) is 12.1 Å². The monoisotopic (exact) mass is 496 g/mol.